The molecule has 3 heterocycles. The number of hydrogen-bond donors (Lipinski definition) is 9. The highest BCUT2D eigenvalue weighted by molar-refractivity contribution is 8.01. The fraction of sp³-hybridized carbons (Fsp3) is 0.511. The predicted octanol–water partition coefficient (Wildman–Crippen LogP) is -0.476. The summed E-state index contributed by atoms with van der Waals surface area (Å²) in [5, 5.41) is 80.1. The predicted molar refractivity (Wildman–Crippen MR) is 237 cm³/mol. The number of carboxylic acid groups (broad SMARTS) is 1. The van der Waals surface area contributed by atoms with E-state index in [9.17, 15) is 59.4 Å². The van der Waals surface area contributed by atoms with Crippen molar-refractivity contribution >= 4 is 52.8 Å². The zero-order chi connectivity index (χ0) is 48.2. The van der Waals surface area contributed by atoms with E-state index in [-0.39, 0.29) is 54.5 Å². The Morgan fingerprint density at radius 2 is 1.58 bits per heavy atom. The number of aliphatic carboxylic acids is 1. The summed E-state index contributed by atoms with van der Waals surface area (Å²) in [6.07, 6.45) is -0.199. The highest BCUT2D eigenvalue weighted by Gasteiger charge is 2.67. The maximum atomic E-state index is 14.1. The van der Waals surface area contributed by atoms with Crippen LogP contribution >= 0.6 is 11.8 Å². The average Bonchev–Trinajstić information content (AvgIpc) is 3.53. The number of phenolic OH excluding ortho intramolecular Hbond substituents is 1. The van der Waals surface area contributed by atoms with E-state index >= 15 is 0 Å². The first-order valence-electron chi connectivity index (χ1n) is 21.5. The smallest absolute Gasteiger partial charge is 0.327 e. The van der Waals surface area contributed by atoms with Gasteiger partial charge in [-0.2, -0.15) is 0 Å². The number of phenols is 1. The summed E-state index contributed by atoms with van der Waals surface area (Å²) in [4.78, 5) is 83.8. The van der Waals surface area contributed by atoms with Crippen molar-refractivity contribution < 1.29 is 69.2 Å². The highest BCUT2D eigenvalue weighted by atomic mass is 32.2. The number of likely N-dealkylation sites (N-methyl/N-ethyl adjacent to an activating group) is 1. The third-order valence-corrected chi connectivity index (χ3v) is 15.0. The van der Waals surface area contributed by atoms with Crippen molar-refractivity contribution in [3.8, 4) is 11.5 Å². The number of amides is 3. The van der Waals surface area contributed by atoms with E-state index in [1.54, 1.807) is 52.2 Å². The van der Waals surface area contributed by atoms with Crippen LogP contribution in [0.2, 0.25) is 0 Å². The quantitative estimate of drug-likeness (QED) is 0.102. The number of aromatic hydroxyl groups is 1. The van der Waals surface area contributed by atoms with E-state index in [1.807, 2.05) is 11.0 Å². The minimum Gasteiger partial charge on any atom is -0.508 e. The van der Waals surface area contributed by atoms with Gasteiger partial charge in [0.15, 0.2) is 18.0 Å². The average molecular weight is 937 g/mol. The number of ketones is 2. The summed E-state index contributed by atoms with van der Waals surface area (Å²) in [6.45, 7) is 7.97. The number of carboxylic acids is 1. The normalized spacial score (nSPS) is 30.3. The maximum absolute atomic E-state index is 14.1. The van der Waals surface area contributed by atoms with Crippen molar-refractivity contribution in [2.24, 2.45) is 11.8 Å². The lowest BCUT2D eigenvalue weighted by Gasteiger charge is -2.53. The number of ether oxygens (including phenoxy) is 1. The summed E-state index contributed by atoms with van der Waals surface area (Å²) in [5.41, 5.74) is -5.68. The fourth-order valence-corrected chi connectivity index (χ4v) is 11.7. The molecule has 2 aromatic rings. The molecule has 66 heavy (non-hydrogen) atoms. The lowest BCUT2D eigenvalue weighted by atomic mass is 9.54. The van der Waals surface area contributed by atoms with Crippen molar-refractivity contribution in [1.82, 2.24) is 30.2 Å². The van der Waals surface area contributed by atoms with Crippen molar-refractivity contribution in [3.63, 3.8) is 0 Å². The molecule has 0 bridgehead atoms. The monoisotopic (exact) mass is 936 g/mol. The molecular formula is C45H56N6O14S. The SMILES string of the molecule is CC1(C)S[C@@H]2[C@H](NC(=O)COc3ccccc3)C(=O)N2[C@H]1C(=O)O.CN(C)[C@@H]1C(=O)C(C(=O)NCN2CCN(CCO)CC2)=C(O)[C@@]2(O)C(=O)C3=C(O)c4c(O)cccc4[C@@](C)(O)C3C[C@@H]12. The van der Waals surface area contributed by atoms with Gasteiger partial charge in [0.2, 0.25) is 11.7 Å². The number of nitrogens with one attached hydrogen (secondary N) is 2. The Kier molecular flexibility index (Phi) is 13.4. The second kappa shape index (κ2) is 18.3. The number of fused-ring (bicyclic) bond motifs is 4. The van der Waals surface area contributed by atoms with Gasteiger partial charge in [0, 0.05) is 54.9 Å². The second-order valence-corrected chi connectivity index (χ2v) is 20.0. The van der Waals surface area contributed by atoms with Gasteiger partial charge in [-0.1, -0.05) is 30.3 Å². The van der Waals surface area contributed by atoms with Crippen LogP contribution in [-0.2, 0) is 34.4 Å². The van der Waals surface area contributed by atoms with Crippen LogP contribution in [0.5, 0.6) is 11.5 Å². The summed E-state index contributed by atoms with van der Waals surface area (Å²) in [5.74, 6) is -8.62. The lowest BCUT2D eigenvalue weighted by Crippen LogP contribution is -2.70. The van der Waals surface area contributed by atoms with Crippen molar-refractivity contribution in [1.29, 1.82) is 0 Å². The summed E-state index contributed by atoms with van der Waals surface area (Å²) in [7, 11) is 3.10. The molecule has 8 atom stereocenters. The van der Waals surface area contributed by atoms with Crippen LogP contribution in [0, 0.1) is 11.8 Å². The minimum absolute atomic E-state index is 0.0442. The van der Waals surface area contributed by atoms with Crippen LogP contribution in [0.15, 0.2) is 65.4 Å². The first-order valence-corrected chi connectivity index (χ1v) is 22.4. The Balaban J connectivity index is 0.000000228. The molecule has 4 fully saturated rings. The summed E-state index contributed by atoms with van der Waals surface area (Å²) < 4.78 is 4.74. The van der Waals surface area contributed by atoms with E-state index in [1.165, 1.54) is 46.7 Å². The van der Waals surface area contributed by atoms with Crippen molar-refractivity contribution in [2.45, 2.75) is 66.6 Å². The molecule has 0 radical (unpaired) electrons. The number of hydrogen-bond acceptors (Lipinski definition) is 17. The number of carbonyl (C=O) groups excluding carboxylic acids is 5. The van der Waals surface area contributed by atoms with Gasteiger partial charge in [-0.25, -0.2) is 4.79 Å². The number of Topliss-reactive ketones (excluding diaryl/α,β-unsaturated/α-hetero) is 2. The van der Waals surface area contributed by atoms with Gasteiger partial charge in [-0.3, -0.25) is 38.7 Å². The van der Waals surface area contributed by atoms with Crippen molar-refractivity contribution in [3.05, 3.63) is 76.6 Å². The van der Waals surface area contributed by atoms with Crippen LogP contribution in [-0.4, -0.2) is 191 Å². The van der Waals surface area contributed by atoms with Crippen LogP contribution in [0.4, 0.5) is 0 Å². The molecule has 0 aromatic heterocycles. The van der Waals surface area contributed by atoms with Gasteiger partial charge in [0.25, 0.3) is 11.8 Å². The minimum atomic E-state index is -2.76. The third-order valence-electron chi connectivity index (χ3n) is 13.5. The van der Waals surface area contributed by atoms with Crippen LogP contribution in [0.1, 0.15) is 38.3 Å². The maximum Gasteiger partial charge on any atom is 0.327 e. The Morgan fingerprint density at radius 3 is 2.20 bits per heavy atom. The molecule has 3 aliphatic carbocycles. The zero-order valence-corrected chi connectivity index (χ0v) is 37.9. The molecule has 21 heteroatoms. The van der Waals surface area contributed by atoms with E-state index in [2.05, 4.69) is 15.5 Å². The van der Waals surface area contributed by atoms with Gasteiger partial charge in [-0.05, 0) is 65.0 Å². The highest BCUT2D eigenvalue weighted by Crippen LogP contribution is 2.57. The molecule has 9 N–H and O–H groups in total. The number of aliphatic hydroxyl groups is 5. The number of carbonyl (C=O) groups is 6. The van der Waals surface area contributed by atoms with Gasteiger partial charge >= 0.3 is 5.97 Å². The Morgan fingerprint density at radius 1 is 0.924 bits per heavy atom. The molecule has 3 saturated heterocycles. The van der Waals surface area contributed by atoms with E-state index in [4.69, 9.17) is 9.84 Å². The molecule has 3 aliphatic heterocycles. The molecular weight excluding hydrogens is 881 g/mol. The number of rotatable bonds is 11. The summed E-state index contributed by atoms with van der Waals surface area (Å²) >= 11 is 1.39. The molecule has 2 aromatic carbocycles. The first-order chi connectivity index (χ1) is 31.1. The second-order valence-electron chi connectivity index (χ2n) is 18.2. The van der Waals surface area contributed by atoms with Gasteiger partial charge in [0.1, 0.15) is 46.0 Å². The van der Waals surface area contributed by atoms with Crippen LogP contribution in [0.3, 0.4) is 0 Å². The Bertz CT molecular complexity index is 2370. The van der Waals surface area contributed by atoms with Crippen LogP contribution in [0.25, 0.3) is 5.76 Å². The number of nitrogens with zero attached hydrogens (tertiary/aromatic N) is 4. The van der Waals surface area contributed by atoms with Gasteiger partial charge in [-0.15, -0.1) is 11.8 Å². The van der Waals surface area contributed by atoms with Gasteiger partial charge in [0.05, 0.1) is 30.5 Å². The van der Waals surface area contributed by atoms with Crippen molar-refractivity contribution in [2.75, 3.05) is 66.7 Å². The largest absolute Gasteiger partial charge is 0.508 e. The molecule has 20 nitrogen and oxygen atoms in total. The third kappa shape index (κ3) is 8.30. The molecule has 1 unspecified atom stereocenters. The number of thioether (sulfide) groups is 1. The molecule has 8 rings (SSSR count). The topological polar surface area (TPSA) is 290 Å². The fourth-order valence-electron chi connectivity index (χ4n) is 10.1. The number of β-amino-alcohol motifs (C(OH)–C–C–N with tert-alkyl or cyclic N) is 1. The lowest BCUT2D eigenvalue weighted by molar-refractivity contribution is -0.161. The Hall–Kier alpha value is -5.55. The number of piperazine rings is 1. The number of aliphatic hydroxyl groups excluding tert-OH is 3. The number of β-lactam (4-membered cyclic amide) rings is 1. The first kappa shape index (κ1) is 48.4. The Labute approximate surface area is 384 Å². The number of para-hydroxylation sites is 1. The van der Waals surface area contributed by atoms with E-state index in [0.717, 1.165) is 0 Å². The molecule has 0 spiro atoms. The number of benzene rings is 2. The van der Waals surface area contributed by atoms with Gasteiger partial charge < -0.3 is 56.0 Å². The van der Waals surface area contributed by atoms with E-state index < -0.39 is 97.9 Å². The standard InChI is InChI=1S/C29H38N4O9.C16H18N2O5S/c1-28(41)15-5-4-6-18(35)19(15)23(36)20-16(28)13-17-22(31(2)3)24(37)21(26(39)29(17,42)25(20)38)27(40)30-14-33-9-7-32(8-10-33)11-12-34;1-16(2)12(15(21)22)18-13(20)11(14(18)24-16)17-10(19)8-23-9-6-4-3-5-7-9/h4-6,16-17,22,34-36,39,41-42H,7-14H2,1-3H3,(H,30,40);3-7,11-12,14H,8H2,1-2H3,(H,17,19)(H,21,22)/t16?,17-,22-,28+,29-;11-,12+,14-/m01/s1. The summed E-state index contributed by atoms with van der Waals surface area (Å²) in [6, 6.07) is 10.4. The zero-order valence-electron chi connectivity index (χ0n) is 37.1. The molecule has 6 aliphatic rings. The molecule has 356 valence electrons. The molecule has 1 saturated carbocycles. The van der Waals surface area contributed by atoms with E-state index in [0.29, 0.717) is 38.5 Å². The molecule has 3 amide bonds. The van der Waals surface area contributed by atoms with Crippen LogP contribution < -0.4 is 15.4 Å².